The Labute approximate surface area is 137 Å². The number of hydrogen-bond acceptors (Lipinski definition) is 1. The molecule has 0 aromatic carbocycles. The largest absolute Gasteiger partial charge is 0.303 e. The first-order valence-corrected chi connectivity index (χ1v) is 10.1. The van der Waals surface area contributed by atoms with Crippen LogP contribution in [0, 0.1) is 0 Å². The normalized spacial score (nSPS) is 10.4. The van der Waals surface area contributed by atoms with Crippen molar-refractivity contribution >= 4 is 22.6 Å². The van der Waals surface area contributed by atoms with Crippen LogP contribution in [0.3, 0.4) is 0 Å². The van der Waals surface area contributed by atoms with Crippen molar-refractivity contribution in [3.8, 4) is 0 Å². The number of alkyl halides is 1. The molecule has 0 rings (SSSR count). The van der Waals surface area contributed by atoms with E-state index < -0.39 is 0 Å². The Morgan fingerprint density at radius 1 is 0.579 bits per heavy atom. The second kappa shape index (κ2) is 21.0. The molecule has 0 spiro atoms. The lowest BCUT2D eigenvalue weighted by Crippen LogP contribution is -2.27. The quantitative estimate of drug-likeness (QED) is 0.217. The van der Waals surface area contributed by atoms with E-state index in [0.717, 1.165) is 0 Å². The van der Waals surface area contributed by atoms with Gasteiger partial charge in [0.05, 0.1) is 0 Å². The summed E-state index contributed by atoms with van der Waals surface area (Å²) in [6.07, 6.45) is 12.2. The van der Waals surface area contributed by atoms with Gasteiger partial charge in [0.25, 0.3) is 0 Å². The molecule has 19 heavy (non-hydrogen) atoms. The van der Waals surface area contributed by atoms with E-state index in [2.05, 4.69) is 55.2 Å². The van der Waals surface area contributed by atoms with Gasteiger partial charge in [0.15, 0.2) is 0 Å². The second-order valence-electron chi connectivity index (χ2n) is 5.30. The van der Waals surface area contributed by atoms with Gasteiger partial charge in [-0.05, 0) is 49.7 Å². The Balaban J connectivity index is 0. The first-order chi connectivity index (χ1) is 9.26. The zero-order chi connectivity index (χ0) is 14.8. The summed E-state index contributed by atoms with van der Waals surface area (Å²) in [6.45, 7) is 13.0. The van der Waals surface area contributed by atoms with Crippen molar-refractivity contribution in [3.05, 3.63) is 0 Å². The van der Waals surface area contributed by atoms with E-state index in [1.807, 2.05) is 0 Å². The van der Waals surface area contributed by atoms with Crippen LogP contribution in [-0.4, -0.2) is 29.0 Å². The number of nitrogens with zero attached hydrogens (tertiary/aromatic N) is 1. The van der Waals surface area contributed by atoms with Crippen molar-refractivity contribution in [1.29, 1.82) is 0 Å². The fraction of sp³-hybridized carbons (Fsp3) is 1.00. The van der Waals surface area contributed by atoms with Gasteiger partial charge in [-0.3, -0.25) is 0 Å². The minimum Gasteiger partial charge on any atom is -0.303 e. The van der Waals surface area contributed by atoms with Crippen molar-refractivity contribution in [2.24, 2.45) is 0 Å². The molecule has 0 aliphatic rings. The topological polar surface area (TPSA) is 3.24 Å². The molecule has 0 amide bonds. The number of rotatable bonds is 12. The van der Waals surface area contributed by atoms with Crippen LogP contribution in [0.25, 0.3) is 0 Å². The zero-order valence-electron chi connectivity index (χ0n) is 14.0. The fourth-order valence-electron chi connectivity index (χ4n) is 1.83. The van der Waals surface area contributed by atoms with E-state index in [1.165, 1.54) is 81.8 Å². The van der Waals surface area contributed by atoms with Crippen molar-refractivity contribution in [3.63, 3.8) is 0 Å². The highest BCUT2D eigenvalue weighted by Crippen LogP contribution is 2.01. The molecule has 1 nitrogen and oxygen atoms in total. The average Bonchev–Trinajstić information content (AvgIpc) is 2.45. The molecule has 118 valence electrons. The average molecular weight is 383 g/mol. The molecular weight excluding hydrogens is 345 g/mol. The highest BCUT2D eigenvalue weighted by molar-refractivity contribution is 14.1. The standard InChI is InChI=1S/C12H27N.C5H11I/c1-4-7-10-13(11-8-5-2)12-9-6-3;1-2-3-4-5-6/h4-12H2,1-3H3;2-5H2,1H3. The zero-order valence-corrected chi connectivity index (χ0v) is 16.2. The Kier molecular flexibility index (Phi) is 24.3. The summed E-state index contributed by atoms with van der Waals surface area (Å²) >= 11 is 2.41. The summed E-state index contributed by atoms with van der Waals surface area (Å²) in [6, 6.07) is 0. The predicted octanol–water partition coefficient (Wildman–Crippen LogP) is 6.30. The Hall–Kier alpha value is 0.690. The first-order valence-electron chi connectivity index (χ1n) is 8.54. The SMILES string of the molecule is CCCCCI.CCCCN(CCCC)CCCC. The number of unbranched alkanes of at least 4 members (excludes halogenated alkanes) is 5. The lowest BCUT2D eigenvalue weighted by molar-refractivity contribution is 0.261. The molecular formula is C17H38IN. The van der Waals surface area contributed by atoms with Gasteiger partial charge in [0, 0.05) is 0 Å². The molecule has 2 heteroatoms. The maximum atomic E-state index is 2.64. The summed E-state index contributed by atoms with van der Waals surface area (Å²) < 4.78 is 1.32. The molecule has 0 heterocycles. The van der Waals surface area contributed by atoms with Gasteiger partial charge in [0.2, 0.25) is 0 Å². The lowest BCUT2D eigenvalue weighted by atomic mass is 10.2. The molecule has 0 aliphatic carbocycles. The monoisotopic (exact) mass is 383 g/mol. The van der Waals surface area contributed by atoms with Crippen LogP contribution in [0.1, 0.15) is 85.5 Å². The summed E-state index contributed by atoms with van der Waals surface area (Å²) in [5.41, 5.74) is 0. The van der Waals surface area contributed by atoms with Gasteiger partial charge >= 0.3 is 0 Å². The van der Waals surface area contributed by atoms with E-state index in [9.17, 15) is 0 Å². The highest BCUT2D eigenvalue weighted by atomic mass is 127. The minimum absolute atomic E-state index is 1.32. The van der Waals surface area contributed by atoms with E-state index in [1.54, 1.807) is 0 Å². The Bertz CT molecular complexity index is 116. The summed E-state index contributed by atoms with van der Waals surface area (Å²) in [7, 11) is 0. The van der Waals surface area contributed by atoms with E-state index in [0.29, 0.717) is 0 Å². The van der Waals surface area contributed by atoms with Crippen LogP contribution >= 0.6 is 22.6 Å². The van der Waals surface area contributed by atoms with Gasteiger partial charge in [-0.25, -0.2) is 0 Å². The van der Waals surface area contributed by atoms with Gasteiger partial charge in [-0.1, -0.05) is 82.4 Å². The molecule has 0 aromatic heterocycles. The third-order valence-corrected chi connectivity index (χ3v) is 3.98. The van der Waals surface area contributed by atoms with Gasteiger partial charge in [-0.2, -0.15) is 0 Å². The molecule has 0 unspecified atom stereocenters. The van der Waals surface area contributed by atoms with Crippen LogP contribution in [0.4, 0.5) is 0 Å². The summed E-state index contributed by atoms with van der Waals surface area (Å²) in [5.74, 6) is 0. The lowest BCUT2D eigenvalue weighted by Gasteiger charge is -2.21. The molecule has 0 fully saturated rings. The predicted molar refractivity (Wildman–Crippen MR) is 99.6 cm³/mol. The Morgan fingerprint density at radius 3 is 1.16 bits per heavy atom. The van der Waals surface area contributed by atoms with Crippen LogP contribution in [0.15, 0.2) is 0 Å². The smallest absolute Gasteiger partial charge is 0.000473 e. The van der Waals surface area contributed by atoms with Crippen molar-refractivity contribution < 1.29 is 0 Å². The third kappa shape index (κ3) is 21.1. The summed E-state index contributed by atoms with van der Waals surface area (Å²) in [5, 5.41) is 0. The van der Waals surface area contributed by atoms with Crippen molar-refractivity contribution in [1.82, 2.24) is 4.90 Å². The maximum absolute atomic E-state index is 2.64. The van der Waals surface area contributed by atoms with Crippen LogP contribution in [0.2, 0.25) is 0 Å². The molecule has 0 radical (unpaired) electrons. The van der Waals surface area contributed by atoms with Crippen molar-refractivity contribution in [2.45, 2.75) is 85.5 Å². The third-order valence-electron chi connectivity index (χ3n) is 3.22. The summed E-state index contributed by atoms with van der Waals surface area (Å²) in [4.78, 5) is 2.64. The minimum atomic E-state index is 1.32. The first kappa shape index (κ1) is 22.0. The molecule has 0 bridgehead atoms. The van der Waals surface area contributed by atoms with Gasteiger partial charge < -0.3 is 4.90 Å². The molecule has 0 aliphatic heterocycles. The molecule has 0 N–H and O–H groups in total. The Morgan fingerprint density at radius 2 is 0.947 bits per heavy atom. The van der Waals surface area contributed by atoms with Gasteiger partial charge in [0.1, 0.15) is 0 Å². The highest BCUT2D eigenvalue weighted by Gasteiger charge is 2.01. The second-order valence-corrected chi connectivity index (χ2v) is 6.38. The number of hydrogen-bond donors (Lipinski definition) is 0. The molecule has 0 aromatic rings. The van der Waals surface area contributed by atoms with Gasteiger partial charge in [-0.15, -0.1) is 0 Å². The number of halogens is 1. The van der Waals surface area contributed by atoms with Crippen LogP contribution in [0.5, 0.6) is 0 Å². The van der Waals surface area contributed by atoms with Crippen molar-refractivity contribution in [2.75, 3.05) is 24.1 Å². The maximum Gasteiger partial charge on any atom is -0.000473 e. The van der Waals surface area contributed by atoms with E-state index in [-0.39, 0.29) is 0 Å². The van der Waals surface area contributed by atoms with E-state index in [4.69, 9.17) is 0 Å². The molecule has 0 saturated heterocycles. The van der Waals surface area contributed by atoms with Crippen LogP contribution in [-0.2, 0) is 0 Å². The molecule has 0 atom stereocenters. The fourth-order valence-corrected chi connectivity index (χ4v) is 2.36. The molecule has 0 saturated carbocycles. The van der Waals surface area contributed by atoms with Crippen LogP contribution < -0.4 is 0 Å². The van der Waals surface area contributed by atoms with E-state index >= 15 is 0 Å².